The maximum Gasteiger partial charge on any atom is 0.221 e. The lowest BCUT2D eigenvalue weighted by Crippen LogP contribution is -2.07. The molecule has 0 radical (unpaired) electrons. The largest absolute Gasteiger partial charge is 0.488 e. The van der Waals surface area contributed by atoms with Gasteiger partial charge in [0.2, 0.25) is 11.7 Å². The molecule has 1 aliphatic heterocycles. The molecule has 3 rings (SSSR count). The van der Waals surface area contributed by atoms with Gasteiger partial charge in [-0.25, -0.2) is 0 Å². The fourth-order valence-electron chi connectivity index (χ4n) is 2.04. The number of fused-ring (bicyclic) bond motifs is 2. The first-order valence-corrected chi connectivity index (χ1v) is 6.68. The Kier molecular flexibility index (Phi) is 2.83. The minimum atomic E-state index is -0.154. The van der Waals surface area contributed by atoms with E-state index in [0.717, 1.165) is 10.4 Å². The number of thiophene rings is 1. The van der Waals surface area contributed by atoms with Crippen LogP contribution in [0.4, 0.5) is 5.69 Å². The summed E-state index contributed by atoms with van der Waals surface area (Å²) in [6.07, 6.45) is 0. The van der Waals surface area contributed by atoms with Crippen molar-refractivity contribution in [1.29, 1.82) is 0 Å². The Hall–Kier alpha value is -2.14. The van der Waals surface area contributed by atoms with E-state index in [9.17, 15) is 9.59 Å². The topological polar surface area (TPSA) is 55.4 Å². The van der Waals surface area contributed by atoms with Crippen LogP contribution in [-0.2, 0) is 11.4 Å². The van der Waals surface area contributed by atoms with Crippen LogP contribution in [0, 0.1) is 0 Å². The third-order valence-electron chi connectivity index (χ3n) is 2.88. The van der Waals surface area contributed by atoms with Crippen LogP contribution in [0.1, 0.15) is 27.7 Å². The quantitative estimate of drug-likeness (QED) is 0.869. The number of anilines is 1. The van der Waals surface area contributed by atoms with Gasteiger partial charge in [0.05, 0.1) is 10.4 Å². The first-order chi connectivity index (χ1) is 9.15. The zero-order valence-corrected chi connectivity index (χ0v) is 11.0. The summed E-state index contributed by atoms with van der Waals surface area (Å²) in [6, 6.07) is 6.99. The Morgan fingerprint density at radius 2 is 2.21 bits per heavy atom. The van der Waals surface area contributed by atoms with Crippen molar-refractivity contribution in [2.45, 2.75) is 13.5 Å². The predicted molar refractivity (Wildman–Crippen MR) is 72.8 cm³/mol. The fourth-order valence-corrected chi connectivity index (χ4v) is 2.90. The second-order valence-corrected chi connectivity index (χ2v) is 5.20. The van der Waals surface area contributed by atoms with Crippen LogP contribution >= 0.6 is 11.3 Å². The maximum absolute atomic E-state index is 12.4. The Balaban J connectivity index is 2.03. The van der Waals surface area contributed by atoms with Gasteiger partial charge < -0.3 is 10.1 Å². The van der Waals surface area contributed by atoms with E-state index in [1.807, 2.05) is 11.4 Å². The molecule has 0 saturated heterocycles. The molecule has 2 aromatic rings. The number of ketones is 1. The number of nitrogens with one attached hydrogen (secondary N) is 1. The van der Waals surface area contributed by atoms with E-state index in [1.165, 1.54) is 18.3 Å². The molecular formula is C14H11NO3S. The van der Waals surface area contributed by atoms with Crippen molar-refractivity contribution in [3.63, 3.8) is 0 Å². The number of carbonyl (C=O) groups is 2. The SMILES string of the molecule is CC(=O)Nc1ccc2c(c1)OCc1ccsc1C2=O. The monoisotopic (exact) mass is 273 g/mol. The lowest BCUT2D eigenvalue weighted by molar-refractivity contribution is -0.114. The molecule has 0 saturated carbocycles. The highest BCUT2D eigenvalue weighted by atomic mass is 32.1. The molecule has 0 fully saturated rings. The summed E-state index contributed by atoms with van der Waals surface area (Å²) < 4.78 is 5.66. The van der Waals surface area contributed by atoms with Gasteiger partial charge in [0, 0.05) is 24.2 Å². The van der Waals surface area contributed by atoms with E-state index in [1.54, 1.807) is 18.2 Å². The zero-order chi connectivity index (χ0) is 13.4. The van der Waals surface area contributed by atoms with Crippen molar-refractivity contribution in [3.8, 4) is 5.75 Å². The Bertz CT molecular complexity index is 675. The van der Waals surface area contributed by atoms with Gasteiger partial charge in [-0.1, -0.05) is 0 Å². The molecule has 1 N–H and O–H groups in total. The Morgan fingerprint density at radius 1 is 1.37 bits per heavy atom. The van der Waals surface area contributed by atoms with Gasteiger partial charge in [0.15, 0.2) is 0 Å². The van der Waals surface area contributed by atoms with Gasteiger partial charge >= 0.3 is 0 Å². The van der Waals surface area contributed by atoms with E-state index in [2.05, 4.69) is 5.32 Å². The van der Waals surface area contributed by atoms with Crippen molar-refractivity contribution in [2.75, 3.05) is 5.32 Å². The average Bonchev–Trinajstić information content (AvgIpc) is 2.79. The van der Waals surface area contributed by atoms with Crippen molar-refractivity contribution in [2.24, 2.45) is 0 Å². The zero-order valence-electron chi connectivity index (χ0n) is 10.2. The van der Waals surface area contributed by atoms with Gasteiger partial charge in [-0.3, -0.25) is 9.59 Å². The molecule has 4 nitrogen and oxygen atoms in total. The Labute approximate surface area is 114 Å². The summed E-state index contributed by atoms with van der Waals surface area (Å²) in [5.41, 5.74) is 2.08. The summed E-state index contributed by atoms with van der Waals surface area (Å²) in [4.78, 5) is 24.1. The second kappa shape index (κ2) is 4.51. The average molecular weight is 273 g/mol. The number of hydrogen-bond acceptors (Lipinski definition) is 4. The molecule has 19 heavy (non-hydrogen) atoms. The van der Waals surface area contributed by atoms with Crippen molar-refractivity contribution in [1.82, 2.24) is 0 Å². The lowest BCUT2D eigenvalue weighted by Gasteiger charge is -2.09. The number of amides is 1. The molecule has 2 heterocycles. The fraction of sp³-hybridized carbons (Fsp3) is 0.143. The van der Waals surface area contributed by atoms with Crippen molar-refractivity contribution < 1.29 is 14.3 Å². The van der Waals surface area contributed by atoms with Gasteiger partial charge in [0.25, 0.3) is 0 Å². The normalized spacial score (nSPS) is 13.0. The van der Waals surface area contributed by atoms with Crippen LogP contribution in [0.3, 0.4) is 0 Å². The van der Waals surface area contributed by atoms with Gasteiger partial charge in [-0.05, 0) is 23.6 Å². The van der Waals surface area contributed by atoms with Crippen LogP contribution in [0.25, 0.3) is 0 Å². The summed E-state index contributed by atoms with van der Waals surface area (Å²) in [6.45, 7) is 1.82. The molecule has 0 spiro atoms. The summed E-state index contributed by atoms with van der Waals surface area (Å²) in [5, 5.41) is 4.57. The van der Waals surface area contributed by atoms with E-state index in [0.29, 0.717) is 23.6 Å². The minimum absolute atomic E-state index is 0.0214. The van der Waals surface area contributed by atoms with Gasteiger partial charge in [-0.2, -0.15) is 0 Å². The minimum Gasteiger partial charge on any atom is -0.488 e. The van der Waals surface area contributed by atoms with E-state index in [-0.39, 0.29) is 11.7 Å². The van der Waals surface area contributed by atoms with Crippen LogP contribution < -0.4 is 10.1 Å². The highest BCUT2D eigenvalue weighted by Gasteiger charge is 2.23. The molecule has 1 aromatic carbocycles. The molecular weight excluding hydrogens is 262 g/mol. The second-order valence-electron chi connectivity index (χ2n) is 4.28. The summed E-state index contributed by atoms with van der Waals surface area (Å²) in [7, 11) is 0. The van der Waals surface area contributed by atoms with Crippen LogP contribution in [0.15, 0.2) is 29.6 Å². The number of ether oxygens (including phenoxy) is 1. The molecule has 5 heteroatoms. The highest BCUT2D eigenvalue weighted by Crippen LogP contribution is 2.32. The van der Waals surface area contributed by atoms with Crippen LogP contribution in [0.5, 0.6) is 5.75 Å². The molecule has 0 bridgehead atoms. The van der Waals surface area contributed by atoms with Gasteiger partial charge in [-0.15, -0.1) is 11.3 Å². The van der Waals surface area contributed by atoms with E-state index in [4.69, 9.17) is 4.74 Å². The first-order valence-electron chi connectivity index (χ1n) is 5.80. The number of carbonyl (C=O) groups excluding carboxylic acids is 2. The van der Waals surface area contributed by atoms with Crippen LogP contribution in [-0.4, -0.2) is 11.7 Å². The third kappa shape index (κ3) is 2.13. The van der Waals surface area contributed by atoms with Crippen LogP contribution in [0.2, 0.25) is 0 Å². The summed E-state index contributed by atoms with van der Waals surface area (Å²) in [5.74, 6) is 0.338. The van der Waals surface area contributed by atoms with Crippen molar-refractivity contribution >= 4 is 28.7 Å². The predicted octanol–water partition coefficient (Wildman–Crippen LogP) is 2.83. The molecule has 96 valence electrons. The molecule has 1 aliphatic rings. The first kappa shape index (κ1) is 11.9. The number of benzene rings is 1. The van der Waals surface area contributed by atoms with Crippen molar-refractivity contribution in [3.05, 3.63) is 45.6 Å². The molecule has 0 unspecified atom stereocenters. The molecule has 1 aromatic heterocycles. The standard InChI is InChI=1S/C14H11NO3S/c1-8(16)15-10-2-3-11-12(6-10)18-7-9-4-5-19-14(9)13(11)17/h2-6H,7H2,1H3,(H,15,16). The molecule has 0 aliphatic carbocycles. The summed E-state index contributed by atoms with van der Waals surface area (Å²) >= 11 is 1.43. The number of hydrogen-bond donors (Lipinski definition) is 1. The lowest BCUT2D eigenvalue weighted by atomic mass is 10.1. The van der Waals surface area contributed by atoms with Gasteiger partial charge in [0.1, 0.15) is 12.4 Å². The van der Waals surface area contributed by atoms with E-state index < -0.39 is 0 Å². The Morgan fingerprint density at radius 3 is 3.00 bits per heavy atom. The number of rotatable bonds is 1. The maximum atomic E-state index is 12.4. The molecule has 1 amide bonds. The molecule has 0 atom stereocenters. The third-order valence-corrected chi connectivity index (χ3v) is 3.84. The smallest absolute Gasteiger partial charge is 0.221 e. The van der Waals surface area contributed by atoms with E-state index >= 15 is 0 Å². The highest BCUT2D eigenvalue weighted by molar-refractivity contribution is 7.12.